The molecule has 0 amide bonds. The Morgan fingerprint density at radius 1 is 1.07 bits per heavy atom. The maximum atomic E-state index is 13.9. The molecule has 4 aromatic heterocycles. The number of aryl methyl sites for hydroxylation is 3. The number of pyridine rings is 1. The van der Waals surface area contributed by atoms with Crippen molar-refractivity contribution in [1.82, 2.24) is 33.9 Å². The van der Waals surface area contributed by atoms with E-state index >= 15 is 0 Å². The monoisotopic (exact) mass is 557 g/mol. The molecule has 0 N–H and O–H groups in total. The quantitative estimate of drug-likeness (QED) is 0.161. The fraction of sp³-hybridized carbons (Fsp3) is 0.400. The zero-order valence-electron chi connectivity index (χ0n) is 23.9. The number of aromatic nitrogens is 7. The van der Waals surface area contributed by atoms with E-state index in [2.05, 4.69) is 41.3 Å². The van der Waals surface area contributed by atoms with Crippen LogP contribution in [0.2, 0.25) is 25.7 Å². The lowest BCUT2D eigenvalue weighted by Gasteiger charge is -2.23. The van der Waals surface area contributed by atoms with Gasteiger partial charge in [-0.1, -0.05) is 25.7 Å². The van der Waals surface area contributed by atoms with Gasteiger partial charge in [-0.15, -0.1) is 5.10 Å². The SMILES string of the molecule is Cc1cn(-c2ccc3c(cc(-c4nc5n(n4)CCCC5c4ccc(F)cc4C)n3COCC[Si](C)(C)C)n2)cn1. The number of ether oxygens (including phenoxy) is 1. The fourth-order valence-electron chi connectivity index (χ4n) is 5.46. The predicted molar refractivity (Wildman–Crippen MR) is 157 cm³/mol. The van der Waals surface area contributed by atoms with Crippen molar-refractivity contribution in [3.05, 3.63) is 77.4 Å². The lowest BCUT2D eigenvalue weighted by Crippen LogP contribution is -2.22. The van der Waals surface area contributed by atoms with Crippen molar-refractivity contribution >= 4 is 19.1 Å². The molecule has 6 rings (SSSR count). The summed E-state index contributed by atoms with van der Waals surface area (Å²) in [6.07, 6.45) is 5.70. The van der Waals surface area contributed by atoms with Crippen molar-refractivity contribution in [2.45, 2.75) is 71.6 Å². The standard InChI is InChI=1S/C30H36FN7OSi/c1-20-15-22(31)8-9-23(20)24-7-6-12-38-30(24)34-29(35-38)27-16-25-26(37(27)19-39-13-14-40(3,4)5)10-11-28(33-25)36-17-21(2)32-18-36/h8-11,15-18,24H,6-7,12-14,19H2,1-5H3. The summed E-state index contributed by atoms with van der Waals surface area (Å²) in [4.78, 5) is 14.4. The molecule has 0 saturated carbocycles. The van der Waals surface area contributed by atoms with Crippen molar-refractivity contribution in [1.29, 1.82) is 0 Å². The number of nitrogens with zero attached hydrogens (tertiary/aromatic N) is 7. The second-order valence-electron chi connectivity index (χ2n) is 12.0. The molecular weight excluding hydrogens is 521 g/mol. The van der Waals surface area contributed by atoms with Crippen molar-refractivity contribution in [3.8, 4) is 17.3 Å². The first kappa shape index (κ1) is 26.6. The zero-order valence-corrected chi connectivity index (χ0v) is 24.9. The van der Waals surface area contributed by atoms with Crippen LogP contribution in [0.15, 0.2) is 48.9 Å². The predicted octanol–water partition coefficient (Wildman–Crippen LogP) is 6.47. The molecule has 0 spiro atoms. The molecule has 1 aromatic carbocycles. The first-order valence-electron chi connectivity index (χ1n) is 14.0. The van der Waals surface area contributed by atoms with E-state index in [1.165, 1.54) is 0 Å². The van der Waals surface area contributed by atoms with Crippen molar-refractivity contribution in [2.75, 3.05) is 6.61 Å². The highest BCUT2D eigenvalue weighted by molar-refractivity contribution is 6.76. The van der Waals surface area contributed by atoms with Crippen LogP contribution in [0.3, 0.4) is 0 Å². The van der Waals surface area contributed by atoms with E-state index in [1.54, 1.807) is 18.5 Å². The maximum Gasteiger partial charge on any atom is 0.198 e. The van der Waals surface area contributed by atoms with Crippen LogP contribution in [-0.2, 0) is 18.0 Å². The third-order valence-corrected chi connectivity index (χ3v) is 9.35. The first-order valence-corrected chi connectivity index (χ1v) is 17.7. The molecule has 8 nitrogen and oxygen atoms in total. The molecule has 0 fully saturated rings. The summed E-state index contributed by atoms with van der Waals surface area (Å²) in [5.41, 5.74) is 5.70. The van der Waals surface area contributed by atoms with Gasteiger partial charge in [-0.2, -0.15) is 0 Å². The number of rotatable bonds is 8. The lowest BCUT2D eigenvalue weighted by molar-refractivity contribution is 0.0911. The number of benzene rings is 1. The Balaban J connectivity index is 1.40. The minimum Gasteiger partial charge on any atom is -0.361 e. The molecule has 0 bridgehead atoms. The molecule has 1 unspecified atom stereocenters. The normalized spacial score (nSPS) is 15.6. The Morgan fingerprint density at radius 3 is 2.67 bits per heavy atom. The molecule has 208 valence electrons. The molecular formula is C30H36FN7OSi. The van der Waals surface area contributed by atoms with E-state index in [0.717, 1.165) is 70.6 Å². The summed E-state index contributed by atoms with van der Waals surface area (Å²) >= 11 is 0. The summed E-state index contributed by atoms with van der Waals surface area (Å²) < 4.78 is 26.2. The summed E-state index contributed by atoms with van der Waals surface area (Å²) in [6.45, 7) is 12.9. The Kier molecular flexibility index (Phi) is 6.91. The minimum absolute atomic E-state index is 0.0793. The second-order valence-corrected chi connectivity index (χ2v) is 17.6. The van der Waals surface area contributed by atoms with Gasteiger partial charge in [-0.25, -0.2) is 24.0 Å². The van der Waals surface area contributed by atoms with E-state index < -0.39 is 8.07 Å². The van der Waals surface area contributed by atoms with E-state index in [0.29, 0.717) is 19.2 Å². The maximum absolute atomic E-state index is 13.9. The van der Waals surface area contributed by atoms with Crippen LogP contribution in [0, 0.1) is 19.7 Å². The number of halogens is 1. The van der Waals surface area contributed by atoms with Gasteiger partial charge >= 0.3 is 0 Å². The molecule has 5 aromatic rings. The molecule has 1 aliphatic heterocycles. The zero-order chi connectivity index (χ0) is 28.0. The van der Waals surface area contributed by atoms with Gasteiger partial charge in [0.05, 0.1) is 22.4 Å². The topological polar surface area (TPSA) is 75.6 Å². The summed E-state index contributed by atoms with van der Waals surface area (Å²) in [5.74, 6) is 2.26. The van der Waals surface area contributed by atoms with Crippen molar-refractivity contribution < 1.29 is 9.13 Å². The number of fused-ring (bicyclic) bond motifs is 2. The highest BCUT2D eigenvalue weighted by Gasteiger charge is 2.28. The third kappa shape index (κ3) is 5.25. The van der Waals surface area contributed by atoms with Gasteiger partial charge < -0.3 is 9.30 Å². The molecule has 1 atom stereocenters. The van der Waals surface area contributed by atoms with E-state index in [9.17, 15) is 4.39 Å². The summed E-state index contributed by atoms with van der Waals surface area (Å²) in [7, 11) is -1.22. The van der Waals surface area contributed by atoms with Gasteiger partial charge in [0, 0.05) is 33.3 Å². The van der Waals surface area contributed by atoms with Crippen LogP contribution in [0.1, 0.15) is 41.4 Å². The molecule has 40 heavy (non-hydrogen) atoms. The highest BCUT2D eigenvalue weighted by atomic mass is 28.3. The smallest absolute Gasteiger partial charge is 0.198 e. The molecule has 1 aliphatic rings. The largest absolute Gasteiger partial charge is 0.361 e. The number of imidazole rings is 1. The van der Waals surface area contributed by atoms with Crippen LogP contribution in [0.5, 0.6) is 0 Å². The van der Waals surface area contributed by atoms with Gasteiger partial charge in [-0.05, 0) is 74.2 Å². The van der Waals surface area contributed by atoms with Crippen LogP contribution < -0.4 is 0 Å². The van der Waals surface area contributed by atoms with Gasteiger partial charge in [0.15, 0.2) is 5.82 Å². The lowest BCUT2D eigenvalue weighted by atomic mass is 9.88. The van der Waals surface area contributed by atoms with Gasteiger partial charge in [0.2, 0.25) is 0 Å². The van der Waals surface area contributed by atoms with Crippen LogP contribution in [0.25, 0.3) is 28.4 Å². The Labute approximate surface area is 234 Å². The Hall–Kier alpha value is -3.63. The molecule has 10 heteroatoms. The second kappa shape index (κ2) is 10.4. The van der Waals surface area contributed by atoms with Gasteiger partial charge in [-0.3, -0.25) is 4.57 Å². The highest BCUT2D eigenvalue weighted by Crippen LogP contribution is 2.36. The average Bonchev–Trinajstić information content (AvgIpc) is 3.62. The Bertz CT molecular complexity index is 1680. The van der Waals surface area contributed by atoms with Crippen LogP contribution >= 0.6 is 0 Å². The fourth-order valence-corrected chi connectivity index (χ4v) is 6.22. The summed E-state index contributed by atoms with van der Waals surface area (Å²) in [6, 6.07) is 12.3. The molecule has 0 saturated heterocycles. The van der Waals surface area contributed by atoms with E-state index in [4.69, 9.17) is 19.8 Å². The first-order chi connectivity index (χ1) is 19.2. The average molecular weight is 558 g/mol. The molecule has 0 radical (unpaired) electrons. The van der Waals surface area contributed by atoms with Crippen molar-refractivity contribution in [2.24, 2.45) is 0 Å². The van der Waals surface area contributed by atoms with E-state index in [1.807, 2.05) is 41.4 Å². The Morgan fingerprint density at radius 2 is 1.93 bits per heavy atom. The summed E-state index contributed by atoms with van der Waals surface area (Å²) in [5, 5.41) is 4.97. The number of hydrogen-bond acceptors (Lipinski definition) is 5. The number of hydrogen-bond donors (Lipinski definition) is 0. The third-order valence-electron chi connectivity index (χ3n) is 7.65. The van der Waals surface area contributed by atoms with Crippen LogP contribution in [0.4, 0.5) is 4.39 Å². The minimum atomic E-state index is -1.22. The molecule has 5 heterocycles. The van der Waals surface area contributed by atoms with Crippen molar-refractivity contribution in [3.63, 3.8) is 0 Å². The van der Waals surface area contributed by atoms with E-state index in [-0.39, 0.29) is 11.7 Å². The van der Waals surface area contributed by atoms with Gasteiger partial charge in [0.25, 0.3) is 0 Å². The van der Waals surface area contributed by atoms with Crippen LogP contribution in [-0.4, -0.2) is 48.5 Å². The molecule has 0 aliphatic carbocycles. The van der Waals surface area contributed by atoms with Gasteiger partial charge in [0.1, 0.15) is 30.5 Å².